The van der Waals surface area contributed by atoms with Crippen molar-refractivity contribution in [1.82, 2.24) is 0 Å². The zero-order valence-corrected chi connectivity index (χ0v) is 10.4. The molecule has 0 unspecified atom stereocenters. The SMILES string of the molecule is N/C(=C\C(=O)c1ccccc1)c1ccc(Cl)cc1. The molecule has 0 saturated carbocycles. The first-order valence-corrected chi connectivity index (χ1v) is 5.87. The predicted molar refractivity (Wildman–Crippen MR) is 74.4 cm³/mol. The van der Waals surface area contributed by atoms with Gasteiger partial charge in [0.2, 0.25) is 0 Å². The summed E-state index contributed by atoms with van der Waals surface area (Å²) in [5, 5.41) is 0.640. The van der Waals surface area contributed by atoms with Gasteiger partial charge in [-0.1, -0.05) is 54.1 Å². The van der Waals surface area contributed by atoms with E-state index in [1.54, 1.807) is 36.4 Å². The first-order chi connectivity index (χ1) is 8.66. The number of nitrogens with two attached hydrogens (primary N) is 1. The second-order valence-electron chi connectivity index (χ2n) is 3.84. The van der Waals surface area contributed by atoms with Crippen molar-refractivity contribution in [2.45, 2.75) is 0 Å². The molecule has 2 aromatic rings. The molecule has 3 heteroatoms. The first kappa shape index (κ1) is 12.4. The van der Waals surface area contributed by atoms with E-state index in [-0.39, 0.29) is 5.78 Å². The quantitative estimate of drug-likeness (QED) is 0.675. The van der Waals surface area contributed by atoms with Crippen molar-refractivity contribution < 1.29 is 4.79 Å². The van der Waals surface area contributed by atoms with Crippen LogP contribution in [0.25, 0.3) is 5.70 Å². The van der Waals surface area contributed by atoms with E-state index in [4.69, 9.17) is 17.3 Å². The van der Waals surface area contributed by atoms with Crippen molar-refractivity contribution >= 4 is 23.1 Å². The number of carbonyl (C=O) groups excluding carboxylic acids is 1. The molecular formula is C15H12ClNO. The van der Waals surface area contributed by atoms with Crippen LogP contribution in [-0.4, -0.2) is 5.78 Å². The lowest BCUT2D eigenvalue weighted by Gasteiger charge is -2.02. The highest BCUT2D eigenvalue weighted by Gasteiger charge is 2.03. The van der Waals surface area contributed by atoms with Crippen LogP contribution in [0.2, 0.25) is 5.02 Å². The molecule has 2 N–H and O–H groups in total. The fraction of sp³-hybridized carbons (Fsp3) is 0. The molecule has 0 fully saturated rings. The smallest absolute Gasteiger partial charge is 0.187 e. The lowest BCUT2D eigenvalue weighted by Crippen LogP contribution is -2.02. The number of hydrogen-bond acceptors (Lipinski definition) is 2. The molecular weight excluding hydrogens is 246 g/mol. The van der Waals surface area contributed by atoms with Crippen molar-refractivity contribution in [3.63, 3.8) is 0 Å². The number of benzene rings is 2. The number of halogens is 1. The minimum absolute atomic E-state index is 0.108. The average molecular weight is 258 g/mol. The Labute approximate surface area is 111 Å². The van der Waals surface area contributed by atoms with Gasteiger partial charge in [-0.2, -0.15) is 0 Å². The van der Waals surface area contributed by atoms with Crippen LogP contribution in [0.3, 0.4) is 0 Å². The van der Waals surface area contributed by atoms with E-state index >= 15 is 0 Å². The van der Waals surface area contributed by atoms with Gasteiger partial charge in [0.15, 0.2) is 5.78 Å². The second kappa shape index (κ2) is 5.52. The molecule has 0 aromatic heterocycles. The number of ketones is 1. The normalized spacial score (nSPS) is 11.3. The van der Waals surface area contributed by atoms with E-state index in [1.165, 1.54) is 6.08 Å². The fourth-order valence-corrected chi connectivity index (χ4v) is 1.68. The molecule has 0 saturated heterocycles. The minimum atomic E-state index is -0.108. The molecule has 0 aliphatic rings. The van der Waals surface area contributed by atoms with Crippen LogP contribution in [0.4, 0.5) is 0 Å². The molecule has 0 bridgehead atoms. The molecule has 0 spiro atoms. The molecule has 2 nitrogen and oxygen atoms in total. The molecule has 0 aliphatic carbocycles. The van der Waals surface area contributed by atoms with Crippen LogP contribution in [0.1, 0.15) is 15.9 Å². The second-order valence-corrected chi connectivity index (χ2v) is 4.27. The summed E-state index contributed by atoms with van der Waals surface area (Å²) in [6.45, 7) is 0. The third-order valence-electron chi connectivity index (χ3n) is 2.52. The van der Waals surface area contributed by atoms with Crippen molar-refractivity contribution in [2.24, 2.45) is 5.73 Å². The van der Waals surface area contributed by atoms with E-state index in [0.29, 0.717) is 16.3 Å². The third-order valence-corrected chi connectivity index (χ3v) is 2.77. The maximum atomic E-state index is 11.9. The van der Waals surface area contributed by atoms with E-state index in [2.05, 4.69) is 0 Å². The zero-order valence-electron chi connectivity index (χ0n) is 9.64. The van der Waals surface area contributed by atoms with Gasteiger partial charge in [0.1, 0.15) is 0 Å². The number of carbonyl (C=O) groups is 1. The van der Waals surface area contributed by atoms with Gasteiger partial charge in [0.25, 0.3) is 0 Å². The van der Waals surface area contributed by atoms with Gasteiger partial charge in [0.05, 0.1) is 0 Å². The summed E-state index contributed by atoms with van der Waals surface area (Å²) in [6, 6.07) is 16.1. The monoisotopic (exact) mass is 257 g/mol. The molecule has 0 aliphatic heterocycles. The zero-order chi connectivity index (χ0) is 13.0. The Morgan fingerprint density at radius 1 is 0.944 bits per heavy atom. The Kier molecular flexibility index (Phi) is 3.80. The Bertz CT molecular complexity index is 573. The van der Waals surface area contributed by atoms with Gasteiger partial charge in [-0.3, -0.25) is 4.79 Å². The lowest BCUT2D eigenvalue weighted by atomic mass is 10.1. The summed E-state index contributed by atoms with van der Waals surface area (Å²) >= 11 is 5.79. The standard InChI is InChI=1S/C15H12ClNO/c16-13-8-6-11(7-9-13)14(17)10-15(18)12-4-2-1-3-5-12/h1-10H,17H2/b14-10-. The van der Waals surface area contributed by atoms with E-state index < -0.39 is 0 Å². The molecule has 2 rings (SSSR count). The van der Waals surface area contributed by atoms with Crippen molar-refractivity contribution in [2.75, 3.05) is 0 Å². The highest BCUT2D eigenvalue weighted by molar-refractivity contribution is 6.30. The van der Waals surface area contributed by atoms with E-state index in [0.717, 1.165) is 5.56 Å². The molecule has 18 heavy (non-hydrogen) atoms. The summed E-state index contributed by atoms with van der Waals surface area (Å²) in [7, 11) is 0. The molecule has 0 atom stereocenters. The van der Waals surface area contributed by atoms with Crippen LogP contribution < -0.4 is 5.73 Å². The van der Waals surface area contributed by atoms with Crippen molar-refractivity contribution in [1.29, 1.82) is 0 Å². The molecule has 0 heterocycles. The number of hydrogen-bond donors (Lipinski definition) is 1. The van der Waals surface area contributed by atoms with Gasteiger partial charge in [-0.15, -0.1) is 0 Å². The summed E-state index contributed by atoms with van der Waals surface area (Å²) < 4.78 is 0. The van der Waals surface area contributed by atoms with Gasteiger partial charge < -0.3 is 5.73 Å². The number of allylic oxidation sites excluding steroid dienone is 1. The van der Waals surface area contributed by atoms with Gasteiger partial charge >= 0.3 is 0 Å². The fourth-order valence-electron chi connectivity index (χ4n) is 1.55. The van der Waals surface area contributed by atoms with Crippen LogP contribution in [-0.2, 0) is 0 Å². The summed E-state index contributed by atoms with van der Waals surface area (Å²) in [5.74, 6) is -0.108. The topological polar surface area (TPSA) is 43.1 Å². The molecule has 0 amide bonds. The Morgan fingerprint density at radius 3 is 2.17 bits per heavy atom. The third kappa shape index (κ3) is 2.99. The van der Waals surface area contributed by atoms with Crippen LogP contribution in [0.5, 0.6) is 0 Å². The Hall–Kier alpha value is -2.06. The maximum Gasteiger partial charge on any atom is 0.187 e. The highest BCUT2D eigenvalue weighted by atomic mass is 35.5. The van der Waals surface area contributed by atoms with Crippen LogP contribution in [0, 0.1) is 0 Å². The maximum absolute atomic E-state index is 11.9. The first-order valence-electron chi connectivity index (χ1n) is 5.49. The average Bonchev–Trinajstić information content (AvgIpc) is 2.40. The predicted octanol–water partition coefficient (Wildman–Crippen LogP) is 3.52. The molecule has 2 aromatic carbocycles. The van der Waals surface area contributed by atoms with Crippen molar-refractivity contribution in [3.8, 4) is 0 Å². The highest BCUT2D eigenvalue weighted by Crippen LogP contribution is 2.14. The minimum Gasteiger partial charge on any atom is -0.398 e. The Balaban J connectivity index is 2.23. The van der Waals surface area contributed by atoms with Crippen LogP contribution in [0.15, 0.2) is 60.7 Å². The lowest BCUT2D eigenvalue weighted by molar-refractivity contribution is 0.104. The van der Waals surface area contributed by atoms with Crippen LogP contribution >= 0.6 is 11.6 Å². The van der Waals surface area contributed by atoms with Gasteiger partial charge in [0, 0.05) is 22.4 Å². The van der Waals surface area contributed by atoms with E-state index in [1.807, 2.05) is 18.2 Å². The Morgan fingerprint density at radius 2 is 1.56 bits per heavy atom. The van der Waals surface area contributed by atoms with E-state index in [9.17, 15) is 4.79 Å². The van der Waals surface area contributed by atoms with Crippen molar-refractivity contribution in [3.05, 3.63) is 76.8 Å². The number of rotatable bonds is 3. The summed E-state index contributed by atoms with van der Waals surface area (Å²) in [6.07, 6.45) is 1.43. The van der Waals surface area contributed by atoms with Gasteiger partial charge in [-0.05, 0) is 17.7 Å². The summed E-state index contributed by atoms with van der Waals surface area (Å²) in [5.41, 5.74) is 7.71. The summed E-state index contributed by atoms with van der Waals surface area (Å²) in [4.78, 5) is 11.9. The molecule has 0 radical (unpaired) electrons. The largest absolute Gasteiger partial charge is 0.398 e. The molecule has 90 valence electrons. The van der Waals surface area contributed by atoms with Gasteiger partial charge in [-0.25, -0.2) is 0 Å².